The monoisotopic (exact) mass is 344 g/mol. The maximum absolute atomic E-state index is 5.75. The number of nitrogens with one attached hydrogen (secondary N) is 1. The Kier molecular flexibility index (Phi) is 4.73. The summed E-state index contributed by atoms with van der Waals surface area (Å²) < 4.78 is 1.11. The first kappa shape index (κ1) is 14.8. The minimum absolute atomic E-state index is 0.269. The smallest absolute Gasteiger partial charge is 0.0291 e. The topological polar surface area (TPSA) is 38.0 Å². The summed E-state index contributed by atoms with van der Waals surface area (Å²) in [7, 11) is 0. The molecule has 1 unspecified atom stereocenters. The van der Waals surface area contributed by atoms with Crippen molar-refractivity contribution in [3.63, 3.8) is 0 Å². The van der Waals surface area contributed by atoms with Gasteiger partial charge in [0.2, 0.25) is 0 Å². The first-order chi connectivity index (χ1) is 10.2. The third-order valence-corrected chi connectivity index (χ3v) is 4.80. The molecule has 3 N–H and O–H groups in total. The first-order valence-electron chi connectivity index (χ1n) is 7.56. The Bertz CT molecular complexity index is 607. The molecule has 0 radical (unpaired) electrons. The van der Waals surface area contributed by atoms with E-state index in [-0.39, 0.29) is 6.04 Å². The lowest BCUT2D eigenvalue weighted by molar-refractivity contribution is 0.522. The van der Waals surface area contributed by atoms with Gasteiger partial charge in [-0.25, -0.2) is 0 Å². The van der Waals surface area contributed by atoms with E-state index in [1.807, 2.05) is 0 Å². The van der Waals surface area contributed by atoms with Crippen molar-refractivity contribution in [1.82, 2.24) is 5.43 Å². The van der Waals surface area contributed by atoms with Gasteiger partial charge in [0, 0.05) is 10.5 Å². The van der Waals surface area contributed by atoms with Crippen LogP contribution in [0.4, 0.5) is 0 Å². The quantitative estimate of drug-likeness (QED) is 0.642. The molecule has 2 nitrogen and oxygen atoms in total. The summed E-state index contributed by atoms with van der Waals surface area (Å²) in [5.74, 6) is 5.75. The molecule has 1 atom stereocenters. The molecule has 0 fully saturated rings. The van der Waals surface area contributed by atoms with Crippen molar-refractivity contribution in [2.45, 2.75) is 38.1 Å². The fraction of sp³-hybridized carbons (Fsp3) is 0.333. The van der Waals surface area contributed by atoms with Gasteiger partial charge in [0.05, 0.1) is 0 Å². The highest BCUT2D eigenvalue weighted by Crippen LogP contribution is 2.23. The van der Waals surface area contributed by atoms with Crippen molar-refractivity contribution in [2.24, 2.45) is 5.84 Å². The molecule has 0 saturated carbocycles. The van der Waals surface area contributed by atoms with E-state index < -0.39 is 0 Å². The van der Waals surface area contributed by atoms with Crippen LogP contribution in [-0.4, -0.2) is 6.04 Å². The van der Waals surface area contributed by atoms with Gasteiger partial charge >= 0.3 is 0 Å². The van der Waals surface area contributed by atoms with Gasteiger partial charge in [-0.15, -0.1) is 0 Å². The van der Waals surface area contributed by atoms with Crippen LogP contribution >= 0.6 is 15.9 Å². The third kappa shape index (κ3) is 3.73. The van der Waals surface area contributed by atoms with E-state index in [0.717, 1.165) is 17.3 Å². The van der Waals surface area contributed by atoms with Crippen molar-refractivity contribution in [2.75, 3.05) is 0 Å². The van der Waals surface area contributed by atoms with Crippen LogP contribution in [0.15, 0.2) is 46.9 Å². The van der Waals surface area contributed by atoms with E-state index in [1.165, 1.54) is 41.5 Å². The second-order valence-corrected chi connectivity index (χ2v) is 6.77. The second kappa shape index (κ2) is 6.73. The van der Waals surface area contributed by atoms with E-state index >= 15 is 0 Å². The summed E-state index contributed by atoms with van der Waals surface area (Å²) in [6.45, 7) is 0. The van der Waals surface area contributed by atoms with Crippen molar-refractivity contribution in [3.8, 4) is 0 Å². The summed E-state index contributed by atoms with van der Waals surface area (Å²) in [5.41, 5.74) is 8.73. The molecule has 1 aliphatic carbocycles. The van der Waals surface area contributed by atoms with Crippen LogP contribution in [0, 0.1) is 0 Å². The van der Waals surface area contributed by atoms with Crippen molar-refractivity contribution in [1.29, 1.82) is 0 Å². The summed E-state index contributed by atoms with van der Waals surface area (Å²) in [6, 6.07) is 15.7. The average molecular weight is 345 g/mol. The van der Waals surface area contributed by atoms with Crippen LogP contribution in [0.5, 0.6) is 0 Å². The van der Waals surface area contributed by atoms with Crippen LogP contribution in [0.25, 0.3) is 0 Å². The van der Waals surface area contributed by atoms with Crippen LogP contribution in [-0.2, 0) is 25.7 Å². The summed E-state index contributed by atoms with van der Waals surface area (Å²) in [6.07, 6.45) is 5.70. The Hall–Kier alpha value is -1.16. The van der Waals surface area contributed by atoms with Crippen LogP contribution in [0.3, 0.4) is 0 Å². The molecule has 1 aliphatic rings. The van der Waals surface area contributed by atoms with Gasteiger partial charge in [0.15, 0.2) is 0 Å². The normalized spacial score (nSPS) is 15.0. The first-order valence-corrected chi connectivity index (χ1v) is 8.35. The zero-order valence-corrected chi connectivity index (χ0v) is 13.7. The number of fused-ring (bicyclic) bond motifs is 1. The van der Waals surface area contributed by atoms with Crippen molar-refractivity contribution < 1.29 is 0 Å². The van der Waals surface area contributed by atoms with E-state index in [1.54, 1.807) is 0 Å². The van der Waals surface area contributed by atoms with E-state index in [4.69, 9.17) is 5.84 Å². The average Bonchev–Trinajstić information content (AvgIpc) is 2.96. The number of benzene rings is 2. The predicted molar refractivity (Wildman–Crippen MR) is 91.1 cm³/mol. The Balaban J connectivity index is 1.68. The maximum Gasteiger partial charge on any atom is 0.0291 e. The van der Waals surface area contributed by atoms with Gasteiger partial charge in [-0.1, -0.05) is 46.3 Å². The fourth-order valence-electron chi connectivity index (χ4n) is 3.13. The standard InChI is InChI=1S/C18H21BrN2/c19-17-8-5-13(6-9-17)11-18(21-20)12-14-4-7-15-2-1-3-16(15)10-14/h4-10,18,21H,1-3,11-12,20H2. The molecule has 21 heavy (non-hydrogen) atoms. The Morgan fingerprint density at radius 3 is 2.38 bits per heavy atom. The molecule has 0 saturated heterocycles. The van der Waals surface area contributed by atoms with Crippen molar-refractivity contribution >= 4 is 15.9 Å². The number of hydrazine groups is 1. The van der Waals surface area contributed by atoms with E-state index in [0.29, 0.717) is 0 Å². The number of aryl methyl sites for hydroxylation is 2. The molecule has 0 aliphatic heterocycles. The molecule has 2 aromatic rings. The molecule has 0 heterocycles. The Labute approximate surface area is 134 Å². The maximum atomic E-state index is 5.75. The predicted octanol–water partition coefficient (Wildman–Crippen LogP) is 3.55. The summed E-state index contributed by atoms with van der Waals surface area (Å²) in [4.78, 5) is 0. The number of hydrogen-bond donors (Lipinski definition) is 2. The van der Waals surface area contributed by atoms with Crippen LogP contribution < -0.4 is 11.3 Å². The van der Waals surface area contributed by atoms with Gasteiger partial charge in [-0.05, 0) is 66.5 Å². The Morgan fingerprint density at radius 1 is 0.952 bits per heavy atom. The zero-order valence-electron chi connectivity index (χ0n) is 12.1. The van der Waals surface area contributed by atoms with Crippen LogP contribution in [0.2, 0.25) is 0 Å². The molecule has 110 valence electrons. The minimum atomic E-state index is 0.269. The molecule has 3 rings (SSSR count). The zero-order chi connectivity index (χ0) is 14.7. The molecule has 0 aromatic heterocycles. The lowest BCUT2D eigenvalue weighted by Crippen LogP contribution is -2.38. The van der Waals surface area contributed by atoms with Gasteiger partial charge in [0.1, 0.15) is 0 Å². The number of rotatable bonds is 5. The largest absolute Gasteiger partial charge is 0.271 e. The van der Waals surface area contributed by atoms with E-state index in [2.05, 4.69) is 63.8 Å². The van der Waals surface area contributed by atoms with Gasteiger partial charge in [-0.2, -0.15) is 0 Å². The summed E-state index contributed by atoms with van der Waals surface area (Å²) in [5, 5.41) is 0. The van der Waals surface area contributed by atoms with Crippen LogP contribution in [0.1, 0.15) is 28.7 Å². The number of halogens is 1. The molecular formula is C18H21BrN2. The third-order valence-electron chi connectivity index (χ3n) is 4.28. The molecule has 2 aromatic carbocycles. The molecule has 0 amide bonds. The number of hydrogen-bond acceptors (Lipinski definition) is 2. The van der Waals surface area contributed by atoms with Gasteiger partial charge in [-0.3, -0.25) is 11.3 Å². The van der Waals surface area contributed by atoms with Crippen molar-refractivity contribution in [3.05, 3.63) is 69.2 Å². The highest BCUT2D eigenvalue weighted by Gasteiger charge is 2.13. The highest BCUT2D eigenvalue weighted by atomic mass is 79.9. The SMILES string of the molecule is NNC(Cc1ccc(Br)cc1)Cc1ccc2c(c1)CCC2. The van der Waals surface area contributed by atoms with E-state index in [9.17, 15) is 0 Å². The summed E-state index contributed by atoms with van der Waals surface area (Å²) >= 11 is 3.47. The van der Waals surface area contributed by atoms with Gasteiger partial charge < -0.3 is 0 Å². The Morgan fingerprint density at radius 2 is 1.62 bits per heavy atom. The lowest BCUT2D eigenvalue weighted by atomic mass is 9.97. The fourth-order valence-corrected chi connectivity index (χ4v) is 3.40. The minimum Gasteiger partial charge on any atom is -0.271 e. The van der Waals surface area contributed by atoms with Gasteiger partial charge in [0.25, 0.3) is 0 Å². The second-order valence-electron chi connectivity index (χ2n) is 5.85. The lowest BCUT2D eigenvalue weighted by Gasteiger charge is -2.17. The number of nitrogens with two attached hydrogens (primary N) is 1. The molecule has 3 heteroatoms. The molecule has 0 bridgehead atoms. The molecule has 0 spiro atoms. The molecular weight excluding hydrogens is 324 g/mol. The highest BCUT2D eigenvalue weighted by molar-refractivity contribution is 9.10.